The lowest BCUT2D eigenvalue weighted by Crippen LogP contribution is -2.21. The molecule has 0 saturated carbocycles. The zero-order chi connectivity index (χ0) is 21.8. The van der Waals surface area contributed by atoms with Gasteiger partial charge in [-0.25, -0.2) is 9.78 Å². The fraction of sp³-hybridized carbons (Fsp3) is 0.348. The summed E-state index contributed by atoms with van der Waals surface area (Å²) in [4.78, 5) is 29.2. The van der Waals surface area contributed by atoms with Crippen LogP contribution >= 0.6 is 11.8 Å². The van der Waals surface area contributed by atoms with Gasteiger partial charge in [-0.15, -0.1) is 0 Å². The maximum absolute atomic E-state index is 12.9. The van der Waals surface area contributed by atoms with Crippen molar-refractivity contribution in [3.8, 4) is 0 Å². The van der Waals surface area contributed by atoms with E-state index in [2.05, 4.69) is 25.2 Å². The Bertz CT molecular complexity index is 1140. The highest BCUT2D eigenvalue weighted by molar-refractivity contribution is 7.99. The molecule has 0 aliphatic carbocycles. The molecule has 30 heavy (non-hydrogen) atoms. The fourth-order valence-electron chi connectivity index (χ4n) is 3.30. The SMILES string of the molecule is Cc1cc(CCNc2ccccc2C(=O)O)c2nc(SCC(C)C)n(C)c(=O)c2c1. The number of hydrogen-bond donors (Lipinski definition) is 2. The third-order valence-electron chi connectivity index (χ3n) is 4.78. The third kappa shape index (κ3) is 4.84. The van der Waals surface area contributed by atoms with Crippen molar-refractivity contribution in [1.29, 1.82) is 0 Å². The monoisotopic (exact) mass is 425 g/mol. The first-order valence-electron chi connectivity index (χ1n) is 9.97. The molecule has 2 N–H and O–H groups in total. The first-order chi connectivity index (χ1) is 14.3. The van der Waals surface area contributed by atoms with Gasteiger partial charge in [0.1, 0.15) is 0 Å². The number of aromatic nitrogens is 2. The van der Waals surface area contributed by atoms with E-state index in [-0.39, 0.29) is 11.1 Å². The van der Waals surface area contributed by atoms with Gasteiger partial charge in [0, 0.05) is 25.0 Å². The van der Waals surface area contributed by atoms with Crippen molar-refractivity contribution in [2.24, 2.45) is 13.0 Å². The minimum absolute atomic E-state index is 0.0413. The second kappa shape index (κ2) is 9.34. The molecule has 0 atom stereocenters. The molecule has 0 aliphatic heterocycles. The van der Waals surface area contributed by atoms with Gasteiger partial charge in [0.15, 0.2) is 5.16 Å². The van der Waals surface area contributed by atoms with Gasteiger partial charge in [0.2, 0.25) is 0 Å². The number of nitrogens with zero attached hydrogens (tertiary/aromatic N) is 2. The van der Waals surface area contributed by atoms with Crippen LogP contribution in [-0.4, -0.2) is 32.9 Å². The lowest BCUT2D eigenvalue weighted by molar-refractivity contribution is 0.0698. The van der Waals surface area contributed by atoms with Gasteiger partial charge in [-0.1, -0.05) is 43.8 Å². The van der Waals surface area contributed by atoms with Crippen LogP contribution < -0.4 is 10.9 Å². The molecular weight excluding hydrogens is 398 g/mol. The van der Waals surface area contributed by atoms with Crippen LogP contribution in [0.3, 0.4) is 0 Å². The number of aromatic carboxylic acids is 1. The third-order valence-corrected chi connectivity index (χ3v) is 6.23. The molecule has 2 aromatic carbocycles. The number of carboxylic acid groups (broad SMARTS) is 1. The predicted octanol–water partition coefficient (Wildman–Crippen LogP) is 4.34. The number of carbonyl (C=O) groups is 1. The van der Waals surface area contributed by atoms with E-state index < -0.39 is 5.97 Å². The minimum Gasteiger partial charge on any atom is -0.478 e. The van der Waals surface area contributed by atoms with Gasteiger partial charge in [0.25, 0.3) is 5.56 Å². The van der Waals surface area contributed by atoms with Crippen molar-refractivity contribution in [3.63, 3.8) is 0 Å². The molecule has 1 heterocycles. The summed E-state index contributed by atoms with van der Waals surface area (Å²) in [5.74, 6) is 0.426. The average Bonchev–Trinajstić information content (AvgIpc) is 2.70. The van der Waals surface area contributed by atoms with Gasteiger partial charge in [-0.3, -0.25) is 9.36 Å². The number of para-hydroxylation sites is 1. The van der Waals surface area contributed by atoms with Gasteiger partial charge >= 0.3 is 5.97 Å². The van der Waals surface area contributed by atoms with Crippen LogP contribution in [0.5, 0.6) is 0 Å². The largest absolute Gasteiger partial charge is 0.478 e. The number of thioether (sulfide) groups is 1. The molecule has 0 radical (unpaired) electrons. The molecule has 1 aromatic heterocycles. The molecule has 0 saturated heterocycles. The Hall–Kier alpha value is -2.80. The average molecular weight is 426 g/mol. The van der Waals surface area contributed by atoms with Crippen LogP contribution in [0.4, 0.5) is 5.69 Å². The molecular formula is C23H27N3O3S. The Kier molecular flexibility index (Phi) is 6.82. The quantitative estimate of drug-likeness (QED) is 0.412. The summed E-state index contributed by atoms with van der Waals surface area (Å²) >= 11 is 1.59. The first kappa shape index (κ1) is 21.9. The van der Waals surface area contributed by atoms with E-state index in [4.69, 9.17) is 4.98 Å². The summed E-state index contributed by atoms with van der Waals surface area (Å²) in [5, 5.41) is 13.9. The Labute approximate surface area is 180 Å². The van der Waals surface area contributed by atoms with Crippen LogP contribution in [0.25, 0.3) is 10.9 Å². The van der Waals surface area contributed by atoms with Gasteiger partial charge < -0.3 is 10.4 Å². The van der Waals surface area contributed by atoms with E-state index in [9.17, 15) is 14.7 Å². The number of benzene rings is 2. The lowest BCUT2D eigenvalue weighted by atomic mass is 10.0. The number of nitrogens with one attached hydrogen (secondary N) is 1. The standard InChI is InChI=1S/C23H27N3O3S/c1-14(2)13-30-23-25-20-16(11-15(3)12-18(20)21(27)26(23)4)9-10-24-19-8-6-5-7-17(19)22(28)29/h5-8,11-12,14,24H,9-10,13H2,1-4H3,(H,28,29). The maximum atomic E-state index is 12.9. The highest BCUT2D eigenvalue weighted by Gasteiger charge is 2.14. The highest BCUT2D eigenvalue weighted by Crippen LogP contribution is 2.23. The smallest absolute Gasteiger partial charge is 0.337 e. The second-order valence-corrected chi connectivity index (χ2v) is 8.80. The summed E-state index contributed by atoms with van der Waals surface area (Å²) in [6.07, 6.45) is 0.626. The molecule has 0 spiro atoms. The Balaban J connectivity index is 1.91. The number of aryl methyl sites for hydroxylation is 1. The summed E-state index contributed by atoms with van der Waals surface area (Å²) in [7, 11) is 1.77. The van der Waals surface area contributed by atoms with Crippen LogP contribution in [0.1, 0.15) is 35.3 Å². The molecule has 3 aromatic rings. The number of fused-ring (bicyclic) bond motifs is 1. The lowest BCUT2D eigenvalue weighted by Gasteiger charge is -2.14. The van der Waals surface area contributed by atoms with E-state index in [0.29, 0.717) is 30.0 Å². The topological polar surface area (TPSA) is 84.2 Å². The van der Waals surface area contributed by atoms with E-state index in [0.717, 1.165) is 27.6 Å². The van der Waals surface area contributed by atoms with Crippen molar-refractivity contribution in [2.45, 2.75) is 32.3 Å². The number of carboxylic acids is 1. The first-order valence-corrected chi connectivity index (χ1v) is 11.0. The summed E-state index contributed by atoms with van der Waals surface area (Å²) in [5.41, 5.74) is 3.49. The summed E-state index contributed by atoms with van der Waals surface area (Å²) in [6.45, 7) is 6.79. The molecule has 0 unspecified atom stereocenters. The zero-order valence-electron chi connectivity index (χ0n) is 17.7. The summed E-state index contributed by atoms with van der Waals surface area (Å²) < 4.78 is 1.62. The van der Waals surface area contributed by atoms with Gasteiger partial charge in [-0.2, -0.15) is 0 Å². The molecule has 6 nitrogen and oxygen atoms in total. The number of rotatable bonds is 8. The molecule has 0 aliphatic rings. The van der Waals surface area contributed by atoms with Crippen molar-refractivity contribution in [3.05, 3.63) is 63.4 Å². The van der Waals surface area contributed by atoms with E-state index in [1.165, 1.54) is 0 Å². The number of hydrogen-bond acceptors (Lipinski definition) is 5. The normalized spacial score (nSPS) is 11.2. The Morgan fingerprint density at radius 1 is 1.27 bits per heavy atom. The molecule has 7 heteroatoms. The fourth-order valence-corrected chi connectivity index (χ4v) is 4.22. The maximum Gasteiger partial charge on any atom is 0.337 e. The minimum atomic E-state index is -0.962. The molecule has 158 valence electrons. The van der Waals surface area contributed by atoms with Crippen molar-refractivity contribution >= 4 is 34.3 Å². The molecule has 3 rings (SSSR count). The van der Waals surface area contributed by atoms with E-state index >= 15 is 0 Å². The number of anilines is 1. The molecule has 0 fully saturated rings. The Morgan fingerprint density at radius 3 is 2.70 bits per heavy atom. The molecule has 0 amide bonds. The van der Waals surface area contributed by atoms with E-state index in [1.54, 1.807) is 47.6 Å². The highest BCUT2D eigenvalue weighted by atomic mass is 32.2. The van der Waals surface area contributed by atoms with Crippen molar-refractivity contribution in [2.75, 3.05) is 17.6 Å². The van der Waals surface area contributed by atoms with Crippen LogP contribution in [0.15, 0.2) is 46.3 Å². The van der Waals surface area contributed by atoms with E-state index in [1.807, 2.05) is 13.0 Å². The second-order valence-electron chi connectivity index (χ2n) is 7.81. The predicted molar refractivity (Wildman–Crippen MR) is 123 cm³/mol. The van der Waals surface area contributed by atoms with Crippen molar-refractivity contribution in [1.82, 2.24) is 9.55 Å². The van der Waals surface area contributed by atoms with Crippen LogP contribution in [0.2, 0.25) is 0 Å². The van der Waals surface area contributed by atoms with Crippen molar-refractivity contribution < 1.29 is 9.90 Å². The van der Waals surface area contributed by atoms with Crippen LogP contribution in [0, 0.1) is 12.8 Å². The zero-order valence-corrected chi connectivity index (χ0v) is 18.5. The molecule has 0 bridgehead atoms. The van der Waals surface area contributed by atoms with Crippen LogP contribution in [-0.2, 0) is 13.5 Å². The Morgan fingerprint density at radius 2 is 2.00 bits per heavy atom. The van der Waals surface area contributed by atoms with Gasteiger partial charge in [0.05, 0.1) is 16.5 Å². The summed E-state index contributed by atoms with van der Waals surface area (Å²) in [6, 6.07) is 10.8. The van der Waals surface area contributed by atoms with Gasteiger partial charge in [-0.05, 0) is 48.6 Å².